The van der Waals surface area contributed by atoms with Gasteiger partial charge in [0.2, 0.25) is 0 Å². The minimum Gasteiger partial charge on any atom is -0.477 e. The van der Waals surface area contributed by atoms with Crippen LogP contribution < -0.4 is 5.32 Å². The summed E-state index contributed by atoms with van der Waals surface area (Å²) in [6, 6.07) is 5.62. The van der Waals surface area contributed by atoms with Crippen molar-refractivity contribution in [3.8, 4) is 0 Å². The highest BCUT2D eigenvalue weighted by atomic mass is 32.1. The molecule has 0 bridgehead atoms. The van der Waals surface area contributed by atoms with E-state index in [2.05, 4.69) is 10.3 Å². The molecule has 1 aromatic heterocycles. The van der Waals surface area contributed by atoms with Crippen molar-refractivity contribution in [1.29, 1.82) is 0 Å². The molecule has 6 heteroatoms. The third-order valence-corrected chi connectivity index (χ3v) is 4.21. The Kier molecular flexibility index (Phi) is 4.37. The van der Waals surface area contributed by atoms with E-state index >= 15 is 0 Å². The van der Waals surface area contributed by atoms with Crippen molar-refractivity contribution >= 4 is 23.2 Å². The third kappa shape index (κ3) is 3.46. The van der Waals surface area contributed by atoms with Gasteiger partial charge < -0.3 is 10.4 Å². The number of nitrogens with zero attached hydrogens (tertiary/aromatic N) is 1. The van der Waals surface area contributed by atoms with Crippen molar-refractivity contribution in [1.82, 2.24) is 10.3 Å². The second kappa shape index (κ2) is 6.05. The van der Waals surface area contributed by atoms with Crippen LogP contribution in [0.25, 0.3) is 0 Å². The fraction of sp³-hybridized carbons (Fsp3) is 0.267. The van der Waals surface area contributed by atoms with Gasteiger partial charge in [0.15, 0.2) is 0 Å². The van der Waals surface area contributed by atoms with Gasteiger partial charge in [-0.15, -0.1) is 11.3 Å². The zero-order valence-electron chi connectivity index (χ0n) is 12.1. The van der Waals surface area contributed by atoms with Gasteiger partial charge in [-0.25, -0.2) is 9.78 Å². The van der Waals surface area contributed by atoms with Crippen molar-refractivity contribution in [3.05, 3.63) is 50.5 Å². The molecule has 0 saturated carbocycles. The largest absolute Gasteiger partial charge is 0.477 e. The number of rotatable bonds is 4. The number of hydrogen-bond acceptors (Lipinski definition) is 4. The van der Waals surface area contributed by atoms with E-state index in [0.29, 0.717) is 16.3 Å². The standard InChI is InChI=1S/C15H16N2O3S/c1-8-4-5-11(9(2)6-8)14(18)16-7-12-17-10(3)13(21-12)15(19)20/h4-6H,7H2,1-3H3,(H,16,18)(H,19,20). The number of thiazole rings is 1. The predicted molar refractivity (Wildman–Crippen MR) is 80.9 cm³/mol. The second-order valence-electron chi connectivity index (χ2n) is 4.83. The number of aromatic nitrogens is 1. The van der Waals surface area contributed by atoms with E-state index in [9.17, 15) is 9.59 Å². The molecule has 0 saturated heterocycles. The first-order valence-electron chi connectivity index (χ1n) is 6.43. The molecule has 1 heterocycles. The second-order valence-corrected chi connectivity index (χ2v) is 5.91. The van der Waals surface area contributed by atoms with Gasteiger partial charge in [0, 0.05) is 5.56 Å². The molecule has 0 aliphatic rings. The number of hydrogen-bond donors (Lipinski definition) is 2. The number of carbonyl (C=O) groups excluding carboxylic acids is 1. The van der Waals surface area contributed by atoms with E-state index in [1.54, 1.807) is 13.0 Å². The van der Waals surface area contributed by atoms with Gasteiger partial charge in [0.05, 0.1) is 12.2 Å². The Labute approximate surface area is 126 Å². The van der Waals surface area contributed by atoms with Crippen molar-refractivity contribution in [2.45, 2.75) is 27.3 Å². The van der Waals surface area contributed by atoms with Crippen LogP contribution in [0, 0.1) is 20.8 Å². The van der Waals surface area contributed by atoms with Gasteiger partial charge in [-0.2, -0.15) is 0 Å². The average Bonchev–Trinajstić information content (AvgIpc) is 2.77. The lowest BCUT2D eigenvalue weighted by Crippen LogP contribution is -2.23. The van der Waals surface area contributed by atoms with Crippen LogP contribution in [-0.2, 0) is 6.54 Å². The SMILES string of the molecule is Cc1ccc(C(=O)NCc2nc(C)c(C(=O)O)s2)c(C)c1. The minimum absolute atomic E-state index is 0.183. The molecule has 21 heavy (non-hydrogen) atoms. The Hall–Kier alpha value is -2.21. The van der Waals surface area contributed by atoms with Crippen LogP contribution in [0.5, 0.6) is 0 Å². The average molecular weight is 304 g/mol. The van der Waals surface area contributed by atoms with Crippen molar-refractivity contribution in [3.63, 3.8) is 0 Å². The lowest BCUT2D eigenvalue weighted by Gasteiger charge is -2.07. The highest BCUT2D eigenvalue weighted by molar-refractivity contribution is 7.13. The highest BCUT2D eigenvalue weighted by Gasteiger charge is 2.15. The third-order valence-electron chi connectivity index (χ3n) is 3.06. The molecule has 0 unspecified atom stereocenters. The first kappa shape index (κ1) is 15.2. The molecule has 0 aliphatic carbocycles. The summed E-state index contributed by atoms with van der Waals surface area (Å²) in [6.45, 7) is 5.73. The van der Waals surface area contributed by atoms with Gasteiger partial charge in [-0.3, -0.25) is 4.79 Å². The Morgan fingerprint density at radius 1 is 1.29 bits per heavy atom. The van der Waals surface area contributed by atoms with Crippen LogP contribution >= 0.6 is 11.3 Å². The lowest BCUT2D eigenvalue weighted by atomic mass is 10.1. The molecule has 0 atom stereocenters. The van der Waals surface area contributed by atoms with E-state index in [0.717, 1.165) is 22.5 Å². The van der Waals surface area contributed by atoms with E-state index in [1.807, 2.05) is 26.0 Å². The number of amides is 1. The molecule has 0 spiro atoms. The van der Waals surface area contributed by atoms with Gasteiger partial charge in [-0.1, -0.05) is 17.7 Å². The molecule has 2 N–H and O–H groups in total. The summed E-state index contributed by atoms with van der Waals surface area (Å²) in [7, 11) is 0. The van der Waals surface area contributed by atoms with Crippen LogP contribution in [0.4, 0.5) is 0 Å². The monoisotopic (exact) mass is 304 g/mol. The van der Waals surface area contributed by atoms with Gasteiger partial charge in [-0.05, 0) is 32.4 Å². The Morgan fingerprint density at radius 2 is 2.00 bits per heavy atom. The Bertz CT molecular complexity index is 707. The molecule has 110 valence electrons. The Balaban J connectivity index is 2.07. The van der Waals surface area contributed by atoms with Crippen LogP contribution in [0.15, 0.2) is 18.2 Å². The molecular weight excluding hydrogens is 288 g/mol. The molecule has 2 rings (SSSR count). The summed E-state index contributed by atoms with van der Waals surface area (Å²) < 4.78 is 0. The van der Waals surface area contributed by atoms with E-state index in [4.69, 9.17) is 5.11 Å². The fourth-order valence-corrected chi connectivity index (χ4v) is 2.89. The lowest BCUT2D eigenvalue weighted by molar-refractivity contribution is 0.0701. The summed E-state index contributed by atoms with van der Waals surface area (Å²) >= 11 is 1.09. The molecule has 2 aromatic rings. The maximum absolute atomic E-state index is 12.1. The summed E-state index contributed by atoms with van der Waals surface area (Å²) in [5.74, 6) is -1.17. The normalized spacial score (nSPS) is 10.4. The van der Waals surface area contributed by atoms with Crippen molar-refractivity contribution in [2.75, 3.05) is 0 Å². The summed E-state index contributed by atoms with van der Waals surface area (Å²) in [6.07, 6.45) is 0. The van der Waals surface area contributed by atoms with Gasteiger partial charge in [0.1, 0.15) is 9.88 Å². The van der Waals surface area contributed by atoms with Crippen LogP contribution in [0.1, 0.15) is 41.9 Å². The zero-order valence-corrected chi connectivity index (χ0v) is 12.9. The van der Waals surface area contributed by atoms with Crippen molar-refractivity contribution in [2.24, 2.45) is 0 Å². The van der Waals surface area contributed by atoms with E-state index in [1.165, 1.54) is 0 Å². The smallest absolute Gasteiger partial charge is 0.347 e. The van der Waals surface area contributed by atoms with Crippen LogP contribution in [-0.4, -0.2) is 22.0 Å². The molecule has 1 aromatic carbocycles. The summed E-state index contributed by atoms with van der Waals surface area (Å²) in [5, 5.41) is 12.3. The number of aryl methyl sites for hydroxylation is 3. The molecule has 0 fully saturated rings. The number of carboxylic acids is 1. The first-order valence-corrected chi connectivity index (χ1v) is 7.25. The number of aromatic carboxylic acids is 1. The predicted octanol–water partition coefficient (Wildman–Crippen LogP) is 2.70. The number of carbonyl (C=O) groups is 2. The molecule has 5 nitrogen and oxygen atoms in total. The van der Waals surface area contributed by atoms with E-state index in [-0.39, 0.29) is 17.3 Å². The zero-order chi connectivity index (χ0) is 15.6. The topological polar surface area (TPSA) is 79.3 Å². The number of benzene rings is 1. The Morgan fingerprint density at radius 3 is 2.57 bits per heavy atom. The maximum atomic E-state index is 12.1. The molecule has 1 amide bonds. The summed E-state index contributed by atoms with van der Waals surface area (Å²) in [5.41, 5.74) is 3.11. The maximum Gasteiger partial charge on any atom is 0.347 e. The molecule has 0 aliphatic heterocycles. The molecular formula is C15H16N2O3S. The molecule has 0 radical (unpaired) electrons. The van der Waals surface area contributed by atoms with Crippen LogP contribution in [0.2, 0.25) is 0 Å². The highest BCUT2D eigenvalue weighted by Crippen LogP contribution is 2.18. The first-order chi connectivity index (χ1) is 9.88. The quantitative estimate of drug-likeness (QED) is 0.910. The van der Waals surface area contributed by atoms with Crippen molar-refractivity contribution < 1.29 is 14.7 Å². The minimum atomic E-state index is -0.989. The van der Waals surface area contributed by atoms with Gasteiger partial charge in [0.25, 0.3) is 5.91 Å². The van der Waals surface area contributed by atoms with Crippen LogP contribution in [0.3, 0.4) is 0 Å². The summed E-state index contributed by atoms with van der Waals surface area (Å²) in [4.78, 5) is 27.5. The van der Waals surface area contributed by atoms with E-state index < -0.39 is 5.97 Å². The van der Waals surface area contributed by atoms with Gasteiger partial charge >= 0.3 is 5.97 Å². The number of nitrogens with one attached hydrogen (secondary N) is 1. The fourth-order valence-electron chi connectivity index (χ4n) is 2.05. The number of carboxylic acid groups (broad SMARTS) is 1.